The van der Waals surface area contributed by atoms with Gasteiger partial charge in [0.05, 0.1) is 18.6 Å². The third-order valence-corrected chi connectivity index (χ3v) is 3.98. The van der Waals surface area contributed by atoms with E-state index in [4.69, 9.17) is 21.1 Å². The molecule has 0 N–H and O–H groups in total. The fraction of sp³-hybridized carbons (Fsp3) is 1.00. The lowest BCUT2D eigenvalue weighted by molar-refractivity contribution is -0.196. The predicted octanol–water partition coefficient (Wildman–Crippen LogP) is 2.16. The lowest BCUT2D eigenvalue weighted by atomic mass is 9.94. The van der Waals surface area contributed by atoms with Crippen molar-refractivity contribution < 1.29 is 9.47 Å². The first-order valence-corrected chi connectivity index (χ1v) is 5.75. The van der Waals surface area contributed by atoms with E-state index >= 15 is 0 Å². The summed E-state index contributed by atoms with van der Waals surface area (Å²) in [7, 11) is 0. The summed E-state index contributed by atoms with van der Waals surface area (Å²) in [4.78, 5) is 0. The molecular weight excluding hydrogens is 188 g/mol. The standard InChI is InChI=1S/C10H15ClO2/c11-5-8-6-12-10(13-8)3-1-2-7-4-9(7)10/h7-9H,1-6H2. The average molecular weight is 203 g/mol. The fourth-order valence-electron chi connectivity index (χ4n) is 2.89. The Morgan fingerprint density at radius 3 is 3.15 bits per heavy atom. The van der Waals surface area contributed by atoms with Crippen molar-refractivity contribution >= 4 is 11.6 Å². The molecule has 1 saturated heterocycles. The van der Waals surface area contributed by atoms with Gasteiger partial charge in [0.15, 0.2) is 5.79 Å². The van der Waals surface area contributed by atoms with Gasteiger partial charge in [-0.05, 0) is 25.2 Å². The van der Waals surface area contributed by atoms with Crippen LogP contribution >= 0.6 is 11.6 Å². The van der Waals surface area contributed by atoms with Gasteiger partial charge < -0.3 is 9.47 Å². The van der Waals surface area contributed by atoms with Gasteiger partial charge in [-0.1, -0.05) is 0 Å². The largest absolute Gasteiger partial charge is 0.347 e. The van der Waals surface area contributed by atoms with E-state index < -0.39 is 0 Å². The molecule has 2 nitrogen and oxygen atoms in total. The first-order valence-electron chi connectivity index (χ1n) is 5.22. The topological polar surface area (TPSA) is 18.5 Å². The summed E-state index contributed by atoms with van der Waals surface area (Å²) in [6.07, 6.45) is 5.18. The fourth-order valence-corrected chi connectivity index (χ4v) is 3.04. The molecule has 0 aromatic rings. The van der Waals surface area contributed by atoms with Gasteiger partial charge in [-0.15, -0.1) is 11.6 Å². The van der Waals surface area contributed by atoms with Crippen LogP contribution < -0.4 is 0 Å². The number of hydrogen-bond acceptors (Lipinski definition) is 2. The van der Waals surface area contributed by atoms with Crippen molar-refractivity contribution in [1.29, 1.82) is 0 Å². The van der Waals surface area contributed by atoms with Crippen LogP contribution in [0.4, 0.5) is 0 Å². The number of hydrogen-bond donors (Lipinski definition) is 0. The molecule has 0 aromatic heterocycles. The second-order valence-corrected chi connectivity index (χ2v) is 4.82. The molecule has 0 amide bonds. The van der Waals surface area contributed by atoms with Crippen molar-refractivity contribution in [3.63, 3.8) is 0 Å². The maximum absolute atomic E-state index is 5.94. The van der Waals surface area contributed by atoms with Crippen LogP contribution in [0.1, 0.15) is 25.7 Å². The van der Waals surface area contributed by atoms with E-state index in [1.54, 1.807) is 0 Å². The minimum absolute atomic E-state index is 0.140. The maximum atomic E-state index is 5.94. The Kier molecular flexibility index (Phi) is 1.87. The van der Waals surface area contributed by atoms with Gasteiger partial charge in [-0.3, -0.25) is 0 Å². The van der Waals surface area contributed by atoms with Crippen LogP contribution in [0.3, 0.4) is 0 Å². The Labute approximate surface area is 83.5 Å². The highest BCUT2D eigenvalue weighted by Crippen LogP contribution is 2.58. The highest BCUT2D eigenvalue weighted by atomic mass is 35.5. The van der Waals surface area contributed by atoms with Crippen LogP contribution in [0, 0.1) is 11.8 Å². The summed E-state index contributed by atoms with van der Waals surface area (Å²) < 4.78 is 11.8. The second-order valence-electron chi connectivity index (χ2n) is 4.51. The number of rotatable bonds is 1. The Morgan fingerprint density at radius 1 is 1.46 bits per heavy atom. The van der Waals surface area contributed by atoms with Crippen molar-refractivity contribution in [2.75, 3.05) is 12.5 Å². The van der Waals surface area contributed by atoms with Crippen molar-refractivity contribution in [1.82, 2.24) is 0 Å². The summed E-state index contributed by atoms with van der Waals surface area (Å²) in [6, 6.07) is 0. The lowest BCUT2D eigenvalue weighted by Crippen LogP contribution is -2.36. The molecule has 3 fully saturated rings. The van der Waals surface area contributed by atoms with Gasteiger partial charge in [-0.25, -0.2) is 0 Å². The molecular formula is C10H15ClO2. The van der Waals surface area contributed by atoms with Crippen LogP contribution in [-0.4, -0.2) is 24.4 Å². The van der Waals surface area contributed by atoms with E-state index in [2.05, 4.69) is 0 Å². The highest BCUT2D eigenvalue weighted by molar-refractivity contribution is 6.18. The highest BCUT2D eigenvalue weighted by Gasteiger charge is 2.59. The van der Waals surface area contributed by atoms with Gasteiger partial charge in [0.25, 0.3) is 0 Å². The number of fused-ring (bicyclic) bond motifs is 2. The summed E-state index contributed by atoms with van der Waals surface area (Å²) in [5, 5.41) is 0. The molecule has 0 radical (unpaired) electrons. The molecule has 13 heavy (non-hydrogen) atoms. The van der Waals surface area contributed by atoms with Gasteiger partial charge in [0.1, 0.15) is 0 Å². The second kappa shape index (κ2) is 2.85. The van der Waals surface area contributed by atoms with E-state index in [9.17, 15) is 0 Å². The summed E-state index contributed by atoms with van der Waals surface area (Å²) in [5.74, 6) is 1.94. The van der Waals surface area contributed by atoms with Crippen LogP contribution in [0.15, 0.2) is 0 Å². The Hall–Kier alpha value is 0.210. The molecule has 0 aromatic carbocycles. The molecule has 74 valence electrons. The monoisotopic (exact) mass is 202 g/mol. The van der Waals surface area contributed by atoms with Gasteiger partial charge in [0.2, 0.25) is 0 Å². The van der Waals surface area contributed by atoms with Gasteiger partial charge in [0, 0.05) is 12.3 Å². The summed E-state index contributed by atoms with van der Waals surface area (Å²) in [5.41, 5.74) is 0. The molecule has 1 spiro atoms. The predicted molar refractivity (Wildman–Crippen MR) is 49.7 cm³/mol. The zero-order valence-electron chi connectivity index (χ0n) is 7.67. The van der Waals surface area contributed by atoms with Crippen molar-refractivity contribution in [3.8, 4) is 0 Å². The van der Waals surface area contributed by atoms with E-state index in [0.717, 1.165) is 12.3 Å². The first kappa shape index (κ1) is 8.51. The molecule has 0 bridgehead atoms. The van der Waals surface area contributed by atoms with E-state index in [1.807, 2.05) is 0 Å². The van der Waals surface area contributed by atoms with Crippen LogP contribution in [0.25, 0.3) is 0 Å². The SMILES string of the molecule is ClCC1COC2(CCCC3CC32)O1. The molecule has 1 heterocycles. The molecule has 3 aliphatic rings. The minimum atomic E-state index is -0.206. The van der Waals surface area contributed by atoms with Crippen LogP contribution in [-0.2, 0) is 9.47 Å². The molecule has 2 aliphatic carbocycles. The van der Waals surface area contributed by atoms with E-state index in [-0.39, 0.29) is 11.9 Å². The normalized spacial score (nSPS) is 53.8. The number of halogens is 1. The molecule has 2 saturated carbocycles. The first-order chi connectivity index (χ1) is 6.34. The van der Waals surface area contributed by atoms with Crippen molar-refractivity contribution in [3.05, 3.63) is 0 Å². The zero-order chi connectivity index (χ0) is 8.89. The number of alkyl halides is 1. The Bertz CT molecular complexity index is 221. The van der Waals surface area contributed by atoms with E-state index in [1.165, 1.54) is 19.3 Å². The molecule has 4 atom stereocenters. The quantitative estimate of drug-likeness (QED) is 0.607. The van der Waals surface area contributed by atoms with E-state index in [0.29, 0.717) is 18.4 Å². The smallest absolute Gasteiger partial charge is 0.171 e. The Balaban J connectivity index is 1.75. The third-order valence-electron chi connectivity index (χ3n) is 3.64. The minimum Gasteiger partial charge on any atom is -0.347 e. The third kappa shape index (κ3) is 1.23. The average Bonchev–Trinajstić information content (AvgIpc) is 2.84. The molecule has 3 heteroatoms. The van der Waals surface area contributed by atoms with Crippen LogP contribution in [0.2, 0.25) is 0 Å². The summed E-state index contributed by atoms with van der Waals surface area (Å²) in [6.45, 7) is 0.701. The maximum Gasteiger partial charge on any atom is 0.171 e. The molecule has 1 aliphatic heterocycles. The van der Waals surface area contributed by atoms with Gasteiger partial charge in [-0.2, -0.15) is 0 Å². The summed E-state index contributed by atoms with van der Waals surface area (Å²) >= 11 is 5.77. The zero-order valence-corrected chi connectivity index (χ0v) is 8.43. The van der Waals surface area contributed by atoms with Crippen LogP contribution in [0.5, 0.6) is 0 Å². The van der Waals surface area contributed by atoms with Gasteiger partial charge >= 0.3 is 0 Å². The Morgan fingerprint density at radius 2 is 2.38 bits per heavy atom. The van der Waals surface area contributed by atoms with Crippen molar-refractivity contribution in [2.45, 2.75) is 37.6 Å². The van der Waals surface area contributed by atoms with Crippen molar-refractivity contribution in [2.24, 2.45) is 11.8 Å². The number of ether oxygens (including phenoxy) is 2. The molecule has 4 unspecified atom stereocenters. The molecule has 3 rings (SSSR count). The lowest BCUT2D eigenvalue weighted by Gasteiger charge is -2.31.